The fourth-order valence-corrected chi connectivity index (χ4v) is 2.04. The molecule has 0 aliphatic carbocycles. The van der Waals surface area contributed by atoms with Gasteiger partial charge in [0.1, 0.15) is 5.69 Å². The standard InChI is InChI=1S/C10H9ClN4OS/c1-5-2-3-13-8(11)7(5)15-9(16)6-4-17-10(12)14-6/h2-4H,1H3,(H2,12,14)(H,15,16). The van der Waals surface area contributed by atoms with Crippen molar-refractivity contribution in [3.8, 4) is 0 Å². The molecule has 2 rings (SSSR count). The maximum absolute atomic E-state index is 11.8. The van der Waals surface area contributed by atoms with Gasteiger partial charge in [0.05, 0.1) is 5.69 Å². The number of carbonyl (C=O) groups is 1. The van der Waals surface area contributed by atoms with Crippen molar-refractivity contribution < 1.29 is 4.79 Å². The Morgan fingerprint density at radius 2 is 2.35 bits per heavy atom. The number of halogens is 1. The number of aromatic nitrogens is 2. The van der Waals surface area contributed by atoms with Crippen LogP contribution >= 0.6 is 22.9 Å². The van der Waals surface area contributed by atoms with Crippen molar-refractivity contribution in [3.63, 3.8) is 0 Å². The number of anilines is 2. The zero-order valence-corrected chi connectivity index (χ0v) is 10.5. The van der Waals surface area contributed by atoms with E-state index in [9.17, 15) is 4.79 Å². The van der Waals surface area contributed by atoms with Crippen LogP contribution in [-0.4, -0.2) is 15.9 Å². The Hall–Kier alpha value is -1.66. The summed E-state index contributed by atoms with van der Waals surface area (Å²) >= 11 is 7.11. The fourth-order valence-electron chi connectivity index (χ4n) is 1.24. The highest BCUT2D eigenvalue weighted by atomic mass is 35.5. The van der Waals surface area contributed by atoms with E-state index in [1.54, 1.807) is 17.6 Å². The van der Waals surface area contributed by atoms with Gasteiger partial charge < -0.3 is 11.1 Å². The maximum atomic E-state index is 11.8. The molecule has 0 spiro atoms. The van der Waals surface area contributed by atoms with Crippen molar-refractivity contribution in [2.45, 2.75) is 6.92 Å². The van der Waals surface area contributed by atoms with E-state index in [-0.39, 0.29) is 16.8 Å². The van der Waals surface area contributed by atoms with Crippen LogP contribution in [0.1, 0.15) is 16.1 Å². The second-order valence-electron chi connectivity index (χ2n) is 3.32. The maximum Gasteiger partial charge on any atom is 0.275 e. The molecule has 2 aromatic heterocycles. The topological polar surface area (TPSA) is 80.9 Å². The van der Waals surface area contributed by atoms with E-state index in [1.807, 2.05) is 6.92 Å². The van der Waals surface area contributed by atoms with Gasteiger partial charge in [-0.25, -0.2) is 9.97 Å². The first kappa shape index (κ1) is 11.8. The molecule has 2 aromatic rings. The van der Waals surface area contributed by atoms with Crippen LogP contribution in [0.4, 0.5) is 10.8 Å². The summed E-state index contributed by atoms with van der Waals surface area (Å²) in [7, 11) is 0. The Balaban J connectivity index is 2.24. The Labute approximate surface area is 107 Å². The van der Waals surface area contributed by atoms with Crippen LogP contribution in [0.5, 0.6) is 0 Å². The lowest BCUT2D eigenvalue weighted by molar-refractivity contribution is 0.102. The summed E-state index contributed by atoms with van der Waals surface area (Å²) in [6, 6.07) is 1.76. The van der Waals surface area contributed by atoms with Crippen LogP contribution in [0.25, 0.3) is 0 Å². The number of hydrogen-bond acceptors (Lipinski definition) is 5. The first-order valence-corrected chi connectivity index (χ1v) is 5.97. The lowest BCUT2D eigenvalue weighted by atomic mass is 10.2. The second kappa shape index (κ2) is 4.68. The Bertz CT molecular complexity index is 549. The zero-order chi connectivity index (χ0) is 12.4. The molecule has 0 fully saturated rings. The molecule has 5 nitrogen and oxygen atoms in total. The van der Waals surface area contributed by atoms with Gasteiger partial charge in [0.15, 0.2) is 10.3 Å². The van der Waals surface area contributed by atoms with Crippen molar-refractivity contribution in [2.75, 3.05) is 11.1 Å². The minimum Gasteiger partial charge on any atom is -0.375 e. The van der Waals surface area contributed by atoms with Gasteiger partial charge in [-0.05, 0) is 18.6 Å². The Morgan fingerprint density at radius 3 is 2.94 bits per heavy atom. The third-order valence-electron chi connectivity index (χ3n) is 2.11. The molecule has 0 unspecified atom stereocenters. The zero-order valence-electron chi connectivity index (χ0n) is 8.90. The van der Waals surface area contributed by atoms with Crippen molar-refractivity contribution in [3.05, 3.63) is 34.1 Å². The van der Waals surface area contributed by atoms with E-state index in [0.29, 0.717) is 10.8 Å². The fraction of sp³-hybridized carbons (Fsp3) is 0.100. The van der Waals surface area contributed by atoms with Gasteiger partial charge >= 0.3 is 0 Å². The summed E-state index contributed by atoms with van der Waals surface area (Å²) in [5.74, 6) is -0.351. The normalized spacial score (nSPS) is 10.2. The van der Waals surface area contributed by atoms with E-state index in [0.717, 1.165) is 5.56 Å². The predicted molar refractivity (Wildman–Crippen MR) is 68.5 cm³/mol. The van der Waals surface area contributed by atoms with Crippen LogP contribution in [0, 0.1) is 6.92 Å². The number of rotatable bonds is 2. The predicted octanol–water partition coefficient (Wildman–Crippen LogP) is 2.33. The summed E-state index contributed by atoms with van der Waals surface area (Å²) in [5, 5.41) is 4.85. The van der Waals surface area contributed by atoms with Crippen LogP contribution in [-0.2, 0) is 0 Å². The SMILES string of the molecule is Cc1ccnc(Cl)c1NC(=O)c1csc(N)n1. The molecule has 1 amide bonds. The third kappa shape index (κ3) is 2.54. The summed E-state index contributed by atoms with van der Waals surface area (Å²) < 4.78 is 0. The highest BCUT2D eigenvalue weighted by Crippen LogP contribution is 2.23. The van der Waals surface area contributed by atoms with Gasteiger partial charge in [-0.15, -0.1) is 11.3 Å². The quantitative estimate of drug-likeness (QED) is 0.819. The number of aryl methyl sites for hydroxylation is 1. The van der Waals surface area contributed by atoms with Crippen molar-refractivity contribution in [1.29, 1.82) is 0 Å². The first-order chi connectivity index (χ1) is 8.08. The number of nitrogens with zero attached hydrogens (tertiary/aromatic N) is 2. The van der Waals surface area contributed by atoms with Gasteiger partial charge in [-0.3, -0.25) is 4.79 Å². The monoisotopic (exact) mass is 268 g/mol. The third-order valence-corrected chi connectivity index (χ3v) is 3.07. The highest BCUT2D eigenvalue weighted by molar-refractivity contribution is 7.13. The number of pyridine rings is 1. The molecule has 0 radical (unpaired) electrons. The largest absolute Gasteiger partial charge is 0.375 e. The van der Waals surface area contributed by atoms with E-state index < -0.39 is 0 Å². The number of nitrogen functional groups attached to an aromatic ring is 1. The number of hydrogen-bond donors (Lipinski definition) is 2. The van der Waals surface area contributed by atoms with Crippen molar-refractivity contribution >= 4 is 39.7 Å². The molecule has 0 atom stereocenters. The molecule has 0 saturated heterocycles. The number of thiazole rings is 1. The minimum absolute atomic E-state index is 0.251. The molecule has 0 saturated carbocycles. The molecule has 17 heavy (non-hydrogen) atoms. The van der Waals surface area contributed by atoms with Crippen molar-refractivity contribution in [1.82, 2.24) is 9.97 Å². The smallest absolute Gasteiger partial charge is 0.275 e. The highest BCUT2D eigenvalue weighted by Gasteiger charge is 2.13. The number of nitrogens with two attached hydrogens (primary N) is 1. The number of carbonyl (C=O) groups excluding carboxylic acids is 1. The van der Waals surface area contributed by atoms with Gasteiger partial charge in [0.2, 0.25) is 0 Å². The molecule has 0 aliphatic rings. The Kier molecular flexibility index (Phi) is 3.26. The van der Waals surface area contributed by atoms with E-state index in [1.165, 1.54) is 11.3 Å². The average Bonchev–Trinajstić information content (AvgIpc) is 2.70. The number of amides is 1. The van der Waals surface area contributed by atoms with Gasteiger partial charge in [-0.1, -0.05) is 11.6 Å². The molecular formula is C10H9ClN4OS. The van der Waals surface area contributed by atoms with E-state index in [2.05, 4.69) is 15.3 Å². The summed E-state index contributed by atoms with van der Waals surface area (Å²) in [5.41, 5.74) is 7.05. The minimum atomic E-state index is -0.351. The van der Waals surface area contributed by atoms with Crippen molar-refractivity contribution in [2.24, 2.45) is 0 Å². The molecular weight excluding hydrogens is 260 g/mol. The molecule has 3 N–H and O–H groups in total. The van der Waals surface area contributed by atoms with Crippen LogP contribution in [0.15, 0.2) is 17.6 Å². The van der Waals surface area contributed by atoms with Crippen LogP contribution < -0.4 is 11.1 Å². The molecule has 7 heteroatoms. The van der Waals surface area contributed by atoms with Gasteiger partial charge in [-0.2, -0.15) is 0 Å². The molecule has 0 aliphatic heterocycles. The van der Waals surface area contributed by atoms with Crippen LogP contribution in [0.2, 0.25) is 5.15 Å². The molecule has 2 heterocycles. The van der Waals surface area contributed by atoms with Crippen LogP contribution in [0.3, 0.4) is 0 Å². The van der Waals surface area contributed by atoms with E-state index >= 15 is 0 Å². The lowest BCUT2D eigenvalue weighted by Crippen LogP contribution is -2.14. The second-order valence-corrected chi connectivity index (χ2v) is 4.57. The average molecular weight is 269 g/mol. The van der Waals surface area contributed by atoms with E-state index in [4.69, 9.17) is 17.3 Å². The lowest BCUT2D eigenvalue weighted by Gasteiger charge is -2.07. The molecule has 0 bridgehead atoms. The van der Waals surface area contributed by atoms with Gasteiger partial charge in [0.25, 0.3) is 5.91 Å². The molecule has 88 valence electrons. The first-order valence-electron chi connectivity index (χ1n) is 4.71. The number of nitrogens with one attached hydrogen (secondary N) is 1. The Morgan fingerprint density at radius 1 is 1.59 bits per heavy atom. The summed E-state index contributed by atoms with van der Waals surface area (Å²) in [6.45, 7) is 1.83. The molecule has 0 aromatic carbocycles. The van der Waals surface area contributed by atoms with Gasteiger partial charge in [0, 0.05) is 11.6 Å². The summed E-state index contributed by atoms with van der Waals surface area (Å²) in [4.78, 5) is 19.6. The summed E-state index contributed by atoms with van der Waals surface area (Å²) in [6.07, 6.45) is 1.58.